The molecule has 0 aliphatic carbocycles. The van der Waals surface area contributed by atoms with E-state index in [1.165, 1.54) is 0 Å². The van der Waals surface area contributed by atoms with Crippen molar-refractivity contribution in [1.29, 1.82) is 0 Å². The van der Waals surface area contributed by atoms with Gasteiger partial charge in [0.25, 0.3) is 0 Å². The van der Waals surface area contributed by atoms with Crippen LogP contribution in [-0.4, -0.2) is 23.7 Å². The highest BCUT2D eigenvalue weighted by Crippen LogP contribution is 2.27. The van der Waals surface area contributed by atoms with E-state index in [1.54, 1.807) is 24.3 Å². The number of rotatable bonds is 3. The summed E-state index contributed by atoms with van der Waals surface area (Å²) in [5.41, 5.74) is 1.25. The smallest absolute Gasteiger partial charge is 0.326 e. The molecule has 0 radical (unpaired) electrons. The van der Waals surface area contributed by atoms with Crippen LogP contribution in [0.3, 0.4) is 0 Å². The van der Waals surface area contributed by atoms with E-state index >= 15 is 0 Å². The summed E-state index contributed by atoms with van der Waals surface area (Å²) in [5.74, 6) is -1.28. The Morgan fingerprint density at radius 1 is 1.41 bits per heavy atom. The molecular formula is C13H14FNO2. The number of carboxylic acids is 1. The van der Waals surface area contributed by atoms with Gasteiger partial charge < -0.3 is 10.0 Å². The van der Waals surface area contributed by atoms with Crippen molar-refractivity contribution in [3.8, 4) is 0 Å². The van der Waals surface area contributed by atoms with Gasteiger partial charge in [0, 0.05) is 17.8 Å². The number of anilines is 1. The molecule has 0 saturated carbocycles. The summed E-state index contributed by atoms with van der Waals surface area (Å²) in [6, 6.07) is 6.25. The zero-order valence-electron chi connectivity index (χ0n) is 9.40. The standard InChI is InChI=1S/C13H14FNO2/c1-9(14)10-4-6-11(7-5-10)15-8-2-3-12(15)13(16)17/h4-7,12H,1-3,8H2,(H,16,17). The van der Waals surface area contributed by atoms with E-state index in [-0.39, 0.29) is 0 Å². The second-order valence-corrected chi connectivity index (χ2v) is 4.14. The van der Waals surface area contributed by atoms with Crippen molar-refractivity contribution in [2.45, 2.75) is 18.9 Å². The van der Waals surface area contributed by atoms with Crippen molar-refractivity contribution in [2.24, 2.45) is 0 Å². The molecule has 0 spiro atoms. The Labute approximate surface area is 99.2 Å². The highest BCUT2D eigenvalue weighted by molar-refractivity contribution is 5.79. The Kier molecular flexibility index (Phi) is 3.13. The Balaban J connectivity index is 2.22. The van der Waals surface area contributed by atoms with E-state index < -0.39 is 17.8 Å². The summed E-state index contributed by atoms with van der Waals surface area (Å²) in [6.45, 7) is 3.95. The fraction of sp³-hybridized carbons (Fsp3) is 0.308. The van der Waals surface area contributed by atoms with E-state index in [1.807, 2.05) is 4.90 Å². The molecule has 1 aliphatic heterocycles. The van der Waals surface area contributed by atoms with E-state index in [0.717, 1.165) is 18.7 Å². The van der Waals surface area contributed by atoms with Crippen LogP contribution in [-0.2, 0) is 4.79 Å². The number of hydrogen-bond donors (Lipinski definition) is 1. The minimum absolute atomic E-state index is 0.430. The molecule has 0 amide bonds. The second kappa shape index (κ2) is 4.57. The number of nitrogens with zero attached hydrogens (tertiary/aromatic N) is 1. The van der Waals surface area contributed by atoms with E-state index in [2.05, 4.69) is 6.58 Å². The van der Waals surface area contributed by atoms with Crippen molar-refractivity contribution >= 4 is 17.5 Å². The Hall–Kier alpha value is -1.84. The first-order valence-corrected chi connectivity index (χ1v) is 5.54. The number of carboxylic acid groups (broad SMARTS) is 1. The van der Waals surface area contributed by atoms with Crippen LogP contribution in [0.25, 0.3) is 5.83 Å². The molecule has 1 aromatic rings. The summed E-state index contributed by atoms with van der Waals surface area (Å²) >= 11 is 0. The summed E-state index contributed by atoms with van der Waals surface area (Å²) in [5, 5.41) is 9.07. The lowest BCUT2D eigenvalue weighted by Crippen LogP contribution is -2.35. The van der Waals surface area contributed by atoms with Crippen molar-refractivity contribution in [2.75, 3.05) is 11.4 Å². The number of aliphatic carboxylic acids is 1. The quantitative estimate of drug-likeness (QED) is 0.875. The van der Waals surface area contributed by atoms with E-state index in [0.29, 0.717) is 12.0 Å². The van der Waals surface area contributed by atoms with Crippen LogP contribution in [0.15, 0.2) is 30.8 Å². The predicted molar refractivity (Wildman–Crippen MR) is 64.6 cm³/mol. The van der Waals surface area contributed by atoms with Crippen molar-refractivity contribution < 1.29 is 14.3 Å². The van der Waals surface area contributed by atoms with Crippen LogP contribution >= 0.6 is 0 Å². The van der Waals surface area contributed by atoms with Gasteiger partial charge in [0.05, 0.1) is 0 Å². The van der Waals surface area contributed by atoms with Crippen LogP contribution in [0, 0.1) is 0 Å². The Morgan fingerprint density at radius 2 is 2.06 bits per heavy atom. The summed E-state index contributed by atoms with van der Waals surface area (Å²) in [7, 11) is 0. The Bertz CT molecular complexity index is 441. The van der Waals surface area contributed by atoms with Gasteiger partial charge in [0.15, 0.2) is 0 Å². The van der Waals surface area contributed by atoms with Gasteiger partial charge >= 0.3 is 5.97 Å². The largest absolute Gasteiger partial charge is 0.480 e. The van der Waals surface area contributed by atoms with Crippen LogP contribution in [0.2, 0.25) is 0 Å². The summed E-state index contributed by atoms with van der Waals surface area (Å²) in [4.78, 5) is 12.9. The summed E-state index contributed by atoms with van der Waals surface area (Å²) < 4.78 is 12.8. The molecule has 1 heterocycles. The van der Waals surface area contributed by atoms with Crippen molar-refractivity contribution in [3.05, 3.63) is 36.4 Å². The Morgan fingerprint density at radius 3 is 2.59 bits per heavy atom. The monoisotopic (exact) mass is 235 g/mol. The van der Waals surface area contributed by atoms with Gasteiger partial charge in [-0.1, -0.05) is 18.7 Å². The lowest BCUT2D eigenvalue weighted by Gasteiger charge is -2.23. The van der Waals surface area contributed by atoms with Gasteiger partial charge in [0.1, 0.15) is 11.9 Å². The SMILES string of the molecule is C=C(F)c1ccc(N2CCCC2C(=O)O)cc1. The molecule has 0 aromatic heterocycles. The van der Waals surface area contributed by atoms with Gasteiger partial charge in [0.2, 0.25) is 0 Å². The average molecular weight is 235 g/mol. The minimum Gasteiger partial charge on any atom is -0.480 e. The van der Waals surface area contributed by atoms with Crippen LogP contribution in [0.5, 0.6) is 0 Å². The number of benzene rings is 1. The van der Waals surface area contributed by atoms with Crippen LogP contribution in [0.4, 0.5) is 10.1 Å². The second-order valence-electron chi connectivity index (χ2n) is 4.14. The van der Waals surface area contributed by atoms with Crippen LogP contribution in [0.1, 0.15) is 18.4 Å². The normalized spacial score (nSPS) is 19.4. The van der Waals surface area contributed by atoms with Gasteiger partial charge in [-0.2, -0.15) is 0 Å². The molecule has 2 rings (SSSR count). The van der Waals surface area contributed by atoms with Crippen LogP contribution < -0.4 is 4.90 Å². The zero-order valence-corrected chi connectivity index (χ0v) is 9.40. The lowest BCUT2D eigenvalue weighted by molar-refractivity contribution is -0.138. The molecule has 1 aromatic carbocycles. The van der Waals surface area contributed by atoms with Gasteiger partial charge in [-0.3, -0.25) is 0 Å². The minimum atomic E-state index is -0.804. The first-order valence-electron chi connectivity index (χ1n) is 5.54. The van der Waals surface area contributed by atoms with Crippen molar-refractivity contribution in [3.63, 3.8) is 0 Å². The number of carbonyl (C=O) groups is 1. The maximum atomic E-state index is 12.8. The molecule has 1 unspecified atom stereocenters. The zero-order chi connectivity index (χ0) is 12.4. The third-order valence-electron chi connectivity index (χ3n) is 3.05. The highest BCUT2D eigenvalue weighted by atomic mass is 19.1. The number of halogens is 1. The molecule has 1 atom stereocenters. The molecule has 3 nitrogen and oxygen atoms in total. The molecular weight excluding hydrogens is 221 g/mol. The molecule has 90 valence electrons. The summed E-state index contributed by atoms with van der Waals surface area (Å²) in [6.07, 6.45) is 1.53. The maximum absolute atomic E-state index is 12.8. The topological polar surface area (TPSA) is 40.5 Å². The molecule has 4 heteroatoms. The molecule has 1 aliphatic rings. The van der Waals surface area contributed by atoms with Crippen molar-refractivity contribution in [1.82, 2.24) is 0 Å². The number of hydrogen-bond acceptors (Lipinski definition) is 2. The molecule has 0 bridgehead atoms. The van der Waals surface area contributed by atoms with E-state index in [9.17, 15) is 9.18 Å². The third kappa shape index (κ3) is 2.30. The molecule has 1 N–H and O–H groups in total. The third-order valence-corrected chi connectivity index (χ3v) is 3.05. The first kappa shape index (κ1) is 11.6. The molecule has 1 saturated heterocycles. The fourth-order valence-corrected chi connectivity index (χ4v) is 2.17. The highest BCUT2D eigenvalue weighted by Gasteiger charge is 2.30. The predicted octanol–water partition coefficient (Wildman–Crippen LogP) is 2.68. The average Bonchev–Trinajstić information content (AvgIpc) is 2.78. The van der Waals surface area contributed by atoms with E-state index in [4.69, 9.17) is 5.11 Å². The van der Waals surface area contributed by atoms with Gasteiger partial charge in [-0.25, -0.2) is 9.18 Å². The first-order chi connectivity index (χ1) is 8.09. The fourth-order valence-electron chi connectivity index (χ4n) is 2.17. The maximum Gasteiger partial charge on any atom is 0.326 e. The molecule has 17 heavy (non-hydrogen) atoms. The molecule has 1 fully saturated rings. The van der Waals surface area contributed by atoms with Gasteiger partial charge in [-0.05, 0) is 25.0 Å². The lowest BCUT2D eigenvalue weighted by atomic mass is 10.1. The van der Waals surface area contributed by atoms with Gasteiger partial charge in [-0.15, -0.1) is 0 Å².